The molecule has 8 nitrogen and oxygen atoms in total. The Bertz CT molecular complexity index is 1010. The van der Waals surface area contributed by atoms with Gasteiger partial charge in [0.2, 0.25) is 0 Å². The molecule has 0 radical (unpaired) electrons. The number of likely N-dealkylation sites (tertiary alicyclic amines) is 1. The Morgan fingerprint density at radius 2 is 1.94 bits per heavy atom. The van der Waals surface area contributed by atoms with Crippen LogP contribution in [-0.4, -0.2) is 58.6 Å². The average Bonchev–Trinajstić information content (AvgIpc) is 3.33. The number of H-pyrrole nitrogens is 1. The zero-order valence-electron chi connectivity index (χ0n) is 17.4. The van der Waals surface area contributed by atoms with Crippen molar-refractivity contribution in [2.45, 2.75) is 18.8 Å². The number of aromatic nitrogens is 3. The highest BCUT2D eigenvalue weighted by atomic mass is 16.5. The topological polar surface area (TPSA) is 91.4 Å². The number of nitrogens with one attached hydrogen (secondary N) is 1. The fourth-order valence-corrected chi connectivity index (χ4v) is 3.70. The second-order valence-corrected chi connectivity index (χ2v) is 7.54. The zero-order chi connectivity index (χ0) is 21.6. The van der Waals surface area contributed by atoms with Crippen molar-refractivity contribution in [1.29, 1.82) is 0 Å². The molecule has 1 aliphatic rings. The van der Waals surface area contributed by atoms with Gasteiger partial charge in [-0.25, -0.2) is 0 Å². The van der Waals surface area contributed by atoms with Crippen molar-refractivity contribution in [3.05, 3.63) is 72.3 Å². The maximum atomic E-state index is 12.7. The van der Waals surface area contributed by atoms with E-state index in [1.165, 1.54) is 0 Å². The molecule has 31 heavy (non-hydrogen) atoms. The summed E-state index contributed by atoms with van der Waals surface area (Å²) in [5, 5.41) is 7.25. The highest BCUT2D eigenvalue weighted by Gasteiger charge is 2.26. The number of nitrogens with zero attached hydrogens (tertiary/aromatic N) is 4. The largest absolute Gasteiger partial charge is 0.482 e. The van der Waals surface area contributed by atoms with Crippen LogP contribution in [0.4, 0.5) is 5.69 Å². The van der Waals surface area contributed by atoms with E-state index in [1.54, 1.807) is 36.5 Å². The predicted octanol–water partition coefficient (Wildman–Crippen LogP) is 2.87. The summed E-state index contributed by atoms with van der Waals surface area (Å²) in [6.45, 7) is 1.29. The van der Waals surface area contributed by atoms with Crippen molar-refractivity contribution in [3.8, 4) is 5.75 Å². The molecule has 1 N–H and O–H groups in total. The average molecular weight is 419 g/mol. The highest BCUT2D eigenvalue weighted by Crippen LogP contribution is 2.27. The van der Waals surface area contributed by atoms with Crippen molar-refractivity contribution >= 4 is 17.5 Å². The third-order valence-electron chi connectivity index (χ3n) is 5.55. The van der Waals surface area contributed by atoms with Crippen molar-refractivity contribution in [2.75, 3.05) is 31.6 Å². The first-order valence-electron chi connectivity index (χ1n) is 10.3. The van der Waals surface area contributed by atoms with Gasteiger partial charge in [0.1, 0.15) is 5.75 Å². The number of benzene rings is 1. The van der Waals surface area contributed by atoms with Gasteiger partial charge in [-0.3, -0.25) is 19.7 Å². The molecule has 0 aliphatic carbocycles. The van der Waals surface area contributed by atoms with Gasteiger partial charge >= 0.3 is 0 Å². The van der Waals surface area contributed by atoms with E-state index in [0.29, 0.717) is 24.5 Å². The number of pyridine rings is 1. The van der Waals surface area contributed by atoms with Crippen LogP contribution in [0.25, 0.3) is 0 Å². The maximum Gasteiger partial charge on any atom is 0.278 e. The molecule has 0 saturated carbocycles. The Morgan fingerprint density at radius 1 is 1.16 bits per heavy atom. The summed E-state index contributed by atoms with van der Waals surface area (Å²) in [5.41, 5.74) is 2.14. The number of hydrogen-bond acceptors (Lipinski definition) is 5. The number of rotatable bonds is 6. The Labute approximate surface area is 180 Å². The molecule has 1 fully saturated rings. The van der Waals surface area contributed by atoms with Gasteiger partial charge in [0.05, 0.1) is 6.20 Å². The number of ether oxygens (including phenoxy) is 1. The van der Waals surface area contributed by atoms with E-state index in [9.17, 15) is 9.59 Å². The van der Waals surface area contributed by atoms with Gasteiger partial charge in [-0.2, -0.15) is 5.10 Å². The molecule has 1 aromatic carbocycles. The number of hydrogen-bond donors (Lipinski definition) is 1. The summed E-state index contributed by atoms with van der Waals surface area (Å²) < 4.78 is 5.51. The molecule has 2 amide bonds. The van der Waals surface area contributed by atoms with Gasteiger partial charge in [0.15, 0.2) is 12.3 Å². The summed E-state index contributed by atoms with van der Waals surface area (Å²) in [6, 6.07) is 14.8. The van der Waals surface area contributed by atoms with Crippen LogP contribution < -0.4 is 9.64 Å². The molecular formula is C23H25N5O3. The number of amides is 2. The maximum absolute atomic E-state index is 12.7. The molecule has 1 aliphatic heterocycles. The third-order valence-corrected chi connectivity index (χ3v) is 5.55. The van der Waals surface area contributed by atoms with E-state index in [-0.39, 0.29) is 24.3 Å². The molecule has 3 heterocycles. The lowest BCUT2D eigenvalue weighted by Gasteiger charge is -2.31. The molecule has 8 heteroatoms. The molecule has 0 unspecified atom stereocenters. The van der Waals surface area contributed by atoms with Crippen molar-refractivity contribution < 1.29 is 14.3 Å². The molecule has 1 saturated heterocycles. The van der Waals surface area contributed by atoms with Gasteiger partial charge < -0.3 is 14.5 Å². The smallest absolute Gasteiger partial charge is 0.278 e. The number of piperidine rings is 1. The first-order chi connectivity index (χ1) is 15.1. The van der Waals surface area contributed by atoms with Gasteiger partial charge in [-0.1, -0.05) is 18.2 Å². The normalized spacial score (nSPS) is 14.3. The third kappa shape index (κ3) is 4.91. The van der Waals surface area contributed by atoms with E-state index in [2.05, 4.69) is 15.2 Å². The highest BCUT2D eigenvalue weighted by molar-refractivity contribution is 6.04. The molecule has 4 rings (SSSR count). The minimum Gasteiger partial charge on any atom is -0.482 e. The van der Waals surface area contributed by atoms with Crippen LogP contribution in [0.2, 0.25) is 0 Å². The Kier molecular flexibility index (Phi) is 6.26. The summed E-state index contributed by atoms with van der Waals surface area (Å²) in [4.78, 5) is 32.6. The fraction of sp³-hybridized carbons (Fsp3) is 0.304. The summed E-state index contributed by atoms with van der Waals surface area (Å²) in [6.07, 6.45) is 4.87. The van der Waals surface area contributed by atoms with Crippen LogP contribution >= 0.6 is 0 Å². The van der Waals surface area contributed by atoms with Gasteiger partial charge in [-0.15, -0.1) is 0 Å². The van der Waals surface area contributed by atoms with Crippen LogP contribution in [0.5, 0.6) is 5.75 Å². The number of carbonyl (C=O) groups is 2. The minimum absolute atomic E-state index is 0.00485. The lowest BCUT2D eigenvalue weighted by atomic mass is 9.93. The minimum atomic E-state index is -0.158. The molecule has 160 valence electrons. The van der Waals surface area contributed by atoms with Gasteiger partial charge in [0, 0.05) is 43.6 Å². The van der Waals surface area contributed by atoms with Crippen molar-refractivity contribution in [1.82, 2.24) is 20.1 Å². The SMILES string of the molecule is CN(C(=O)c1cc(C2CCN(C(=O)COc3cccnc3)CC2)[nH]n1)c1ccccc1. The number of carbonyl (C=O) groups excluding carboxylic acids is 2. The lowest BCUT2D eigenvalue weighted by Crippen LogP contribution is -2.40. The number of para-hydroxylation sites is 1. The Hall–Kier alpha value is -3.68. The second kappa shape index (κ2) is 9.42. The molecule has 2 aromatic heterocycles. The Balaban J connectivity index is 1.30. The zero-order valence-corrected chi connectivity index (χ0v) is 17.4. The van der Waals surface area contributed by atoms with Crippen LogP contribution in [0, 0.1) is 0 Å². The first-order valence-corrected chi connectivity index (χ1v) is 10.3. The second-order valence-electron chi connectivity index (χ2n) is 7.54. The van der Waals surface area contributed by atoms with Gasteiger partial charge in [-0.05, 0) is 43.2 Å². The van der Waals surface area contributed by atoms with Crippen molar-refractivity contribution in [2.24, 2.45) is 0 Å². The fourth-order valence-electron chi connectivity index (χ4n) is 3.70. The van der Waals surface area contributed by atoms with Crippen LogP contribution in [0.15, 0.2) is 60.9 Å². The predicted molar refractivity (Wildman–Crippen MR) is 116 cm³/mol. The summed E-state index contributed by atoms with van der Waals surface area (Å²) >= 11 is 0. The van der Waals surface area contributed by atoms with E-state index in [1.807, 2.05) is 41.3 Å². The number of anilines is 1. The molecule has 0 spiro atoms. The quantitative estimate of drug-likeness (QED) is 0.663. The Morgan fingerprint density at radius 3 is 2.65 bits per heavy atom. The van der Waals surface area contributed by atoms with Crippen LogP contribution in [0.1, 0.15) is 34.9 Å². The van der Waals surface area contributed by atoms with E-state index in [4.69, 9.17) is 4.74 Å². The van der Waals surface area contributed by atoms with E-state index in [0.717, 1.165) is 24.2 Å². The summed E-state index contributed by atoms with van der Waals surface area (Å²) in [5.74, 6) is 0.626. The lowest BCUT2D eigenvalue weighted by molar-refractivity contribution is -0.134. The van der Waals surface area contributed by atoms with E-state index < -0.39 is 0 Å². The van der Waals surface area contributed by atoms with Crippen molar-refractivity contribution in [3.63, 3.8) is 0 Å². The van der Waals surface area contributed by atoms with Gasteiger partial charge in [0.25, 0.3) is 11.8 Å². The standard InChI is InChI=1S/C23H25N5O3/c1-27(18-6-3-2-4-7-18)23(30)21-14-20(25-26-21)17-9-12-28(13-10-17)22(29)16-31-19-8-5-11-24-15-19/h2-8,11,14-15,17H,9-10,12-13,16H2,1H3,(H,25,26). The first kappa shape index (κ1) is 20.6. The molecular weight excluding hydrogens is 394 g/mol. The van der Waals surface area contributed by atoms with Crippen LogP contribution in [0.3, 0.4) is 0 Å². The summed E-state index contributed by atoms with van der Waals surface area (Å²) in [7, 11) is 1.74. The molecule has 0 bridgehead atoms. The van der Waals surface area contributed by atoms with Crippen LogP contribution in [-0.2, 0) is 4.79 Å². The monoisotopic (exact) mass is 419 g/mol. The molecule has 3 aromatic rings. The number of aromatic amines is 1. The van der Waals surface area contributed by atoms with E-state index >= 15 is 0 Å². The molecule has 0 atom stereocenters.